The third kappa shape index (κ3) is 7.03. The molecule has 0 aromatic heterocycles. The molecular formula is C25H36N4O5. The van der Waals surface area contributed by atoms with Crippen molar-refractivity contribution in [1.82, 2.24) is 15.1 Å². The average molecular weight is 473 g/mol. The van der Waals surface area contributed by atoms with Crippen LogP contribution in [-0.4, -0.2) is 78.9 Å². The molecule has 1 atom stereocenters. The predicted molar refractivity (Wildman–Crippen MR) is 128 cm³/mol. The van der Waals surface area contributed by atoms with Gasteiger partial charge in [0, 0.05) is 38.8 Å². The number of esters is 1. The van der Waals surface area contributed by atoms with E-state index in [0.717, 1.165) is 42.5 Å². The highest BCUT2D eigenvalue weighted by Crippen LogP contribution is 2.28. The predicted octanol–water partition coefficient (Wildman–Crippen LogP) is 1.62. The van der Waals surface area contributed by atoms with Crippen LogP contribution in [0.3, 0.4) is 0 Å². The number of carbonyl (C=O) groups is 4. The Morgan fingerprint density at radius 3 is 2.24 bits per heavy atom. The van der Waals surface area contributed by atoms with E-state index >= 15 is 0 Å². The lowest BCUT2D eigenvalue weighted by Gasteiger charge is -2.34. The number of anilines is 1. The first-order valence-electron chi connectivity index (χ1n) is 12.0. The van der Waals surface area contributed by atoms with Gasteiger partial charge in [-0.05, 0) is 43.7 Å². The van der Waals surface area contributed by atoms with Gasteiger partial charge in [0.25, 0.3) is 5.91 Å². The molecule has 0 bridgehead atoms. The third-order valence-corrected chi connectivity index (χ3v) is 6.66. The first-order chi connectivity index (χ1) is 16.2. The summed E-state index contributed by atoms with van der Waals surface area (Å²) in [4.78, 5) is 52.8. The van der Waals surface area contributed by atoms with E-state index in [1.807, 2.05) is 36.9 Å². The molecule has 0 spiro atoms. The molecule has 1 aromatic rings. The molecule has 1 aromatic carbocycles. The van der Waals surface area contributed by atoms with E-state index in [0.29, 0.717) is 26.2 Å². The summed E-state index contributed by atoms with van der Waals surface area (Å²) < 4.78 is 5.29. The van der Waals surface area contributed by atoms with Crippen molar-refractivity contribution in [3.63, 3.8) is 0 Å². The number of nitrogens with zero attached hydrogens (tertiary/aromatic N) is 2. The lowest BCUT2D eigenvalue weighted by Crippen LogP contribution is -2.52. The Morgan fingerprint density at radius 1 is 1.03 bits per heavy atom. The van der Waals surface area contributed by atoms with E-state index in [9.17, 15) is 19.2 Å². The van der Waals surface area contributed by atoms with E-state index in [1.54, 1.807) is 4.90 Å². The van der Waals surface area contributed by atoms with Gasteiger partial charge in [-0.2, -0.15) is 0 Å². The van der Waals surface area contributed by atoms with Crippen molar-refractivity contribution < 1.29 is 23.9 Å². The monoisotopic (exact) mass is 472 g/mol. The summed E-state index contributed by atoms with van der Waals surface area (Å²) in [5, 5.41) is 5.68. The zero-order chi connectivity index (χ0) is 24.7. The van der Waals surface area contributed by atoms with Crippen molar-refractivity contribution >= 4 is 29.4 Å². The Bertz CT molecular complexity index is 884. The number of hydrogen-bond donors (Lipinski definition) is 2. The van der Waals surface area contributed by atoms with Crippen molar-refractivity contribution in [2.45, 2.75) is 52.5 Å². The topological polar surface area (TPSA) is 108 Å². The number of benzene rings is 1. The fourth-order valence-electron chi connectivity index (χ4n) is 4.74. The fraction of sp³-hybridized carbons (Fsp3) is 0.600. The van der Waals surface area contributed by atoms with Crippen molar-refractivity contribution in [1.29, 1.82) is 0 Å². The minimum atomic E-state index is -0.694. The number of para-hydroxylation sites is 1. The van der Waals surface area contributed by atoms with E-state index in [4.69, 9.17) is 4.74 Å². The van der Waals surface area contributed by atoms with Crippen LogP contribution < -0.4 is 10.6 Å². The maximum Gasteiger partial charge on any atom is 0.329 e. The molecule has 0 radical (unpaired) electrons. The van der Waals surface area contributed by atoms with Crippen LogP contribution in [0.2, 0.25) is 0 Å². The second-order valence-corrected chi connectivity index (χ2v) is 9.30. The van der Waals surface area contributed by atoms with Crippen LogP contribution in [0.25, 0.3) is 0 Å². The summed E-state index contributed by atoms with van der Waals surface area (Å²) >= 11 is 0. The van der Waals surface area contributed by atoms with Crippen molar-refractivity contribution in [3.05, 3.63) is 29.3 Å². The maximum atomic E-state index is 12.6. The standard InChI is InChI=1S/C25H36N4O5/c1-17-7-6-8-18(2)23(17)27-21(31)15-28-11-13-29(14-12-28)22(32)16-34-25(33)24(26-19(3)30)20-9-4-5-10-20/h6-8,20,24H,4-5,9-16H2,1-3H3,(H,26,30)(H,27,31). The van der Waals surface area contributed by atoms with Gasteiger partial charge in [-0.1, -0.05) is 31.0 Å². The first kappa shape index (κ1) is 25.7. The minimum Gasteiger partial charge on any atom is -0.454 e. The quantitative estimate of drug-likeness (QED) is 0.557. The largest absolute Gasteiger partial charge is 0.454 e. The number of hydrogen-bond acceptors (Lipinski definition) is 6. The smallest absolute Gasteiger partial charge is 0.329 e. The summed E-state index contributed by atoms with van der Waals surface area (Å²) in [5.74, 6) is -1.11. The number of piperazine rings is 1. The highest BCUT2D eigenvalue weighted by molar-refractivity contribution is 5.93. The van der Waals surface area contributed by atoms with Crippen LogP contribution in [-0.2, 0) is 23.9 Å². The average Bonchev–Trinajstić information content (AvgIpc) is 3.33. The molecule has 9 heteroatoms. The van der Waals surface area contributed by atoms with Crippen molar-refractivity contribution in [2.75, 3.05) is 44.6 Å². The summed E-state index contributed by atoms with van der Waals surface area (Å²) in [6.07, 6.45) is 3.79. The number of rotatable bonds is 8. The Hall–Kier alpha value is -2.94. The van der Waals surface area contributed by atoms with Gasteiger partial charge in [-0.25, -0.2) is 4.79 Å². The van der Waals surface area contributed by atoms with Gasteiger partial charge in [0.2, 0.25) is 11.8 Å². The van der Waals surface area contributed by atoms with Gasteiger partial charge in [0.15, 0.2) is 6.61 Å². The highest BCUT2D eigenvalue weighted by atomic mass is 16.5. The summed E-state index contributed by atoms with van der Waals surface area (Å²) in [5.41, 5.74) is 2.89. The van der Waals surface area contributed by atoms with E-state index in [1.165, 1.54) is 6.92 Å². The van der Waals surface area contributed by atoms with Gasteiger partial charge in [-0.15, -0.1) is 0 Å². The molecule has 1 aliphatic heterocycles. The Kier molecular flexibility index (Phi) is 9.04. The number of amides is 3. The van der Waals surface area contributed by atoms with Gasteiger partial charge >= 0.3 is 5.97 Å². The van der Waals surface area contributed by atoms with Gasteiger partial charge < -0.3 is 20.3 Å². The van der Waals surface area contributed by atoms with Gasteiger partial charge in [0.05, 0.1) is 6.54 Å². The molecule has 1 heterocycles. The summed E-state index contributed by atoms with van der Waals surface area (Å²) in [6.45, 7) is 7.28. The van der Waals surface area contributed by atoms with E-state index < -0.39 is 12.0 Å². The van der Waals surface area contributed by atoms with Gasteiger partial charge in [0.1, 0.15) is 6.04 Å². The van der Waals surface area contributed by atoms with Crippen LogP contribution >= 0.6 is 0 Å². The third-order valence-electron chi connectivity index (χ3n) is 6.66. The van der Waals surface area contributed by atoms with Crippen molar-refractivity contribution in [2.24, 2.45) is 5.92 Å². The number of aryl methyl sites for hydroxylation is 2. The molecular weight excluding hydrogens is 436 g/mol. The molecule has 1 saturated carbocycles. The molecule has 1 unspecified atom stereocenters. The Balaban J connectivity index is 1.42. The molecule has 9 nitrogen and oxygen atoms in total. The van der Waals surface area contributed by atoms with Gasteiger partial charge in [-0.3, -0.25) is 19.3 Å². The molecule has 186 valence electrons. The zero-order valence-corrected chi connectivity index (χ0v) is 20.4. The molecule has 2 N–H and O–H groups in total. The minimum absolute atomic E-state index is 0.0599. The second-order valence-electron chi connectivity index (χ2n) is 9.30. The molecule has 3 rings (SSSR count). The molecule has 3 amide bonds. The summed E-state index contributed by atoms with van der Waals surface area (Å²) in [6, 6.07) is 5.19. The normalized spacial score (nSPS) is 17.8. The Morgan fingerprint density at radius 2 is 1.65 bits per heavy atom. The first-order valence-corrected chi connectivity index (χ1v) is 12.0. The number of carbonyl (C=O) groups excluding carboxylic acids is 4. The number of nitrogens with one attached hydrogen (secondary N) is 2. The van der Waals surface area contributed by atoms with E-state index in [-0.39, 0.29) is 36.8 Å². The molecule has 34 heavy (non-hydrogen) atoms. The van der Waals surface area contributed by atoms with Crippen molar-refractivity contribution in [3.8, 4) is 0 Å². The highest BCUT2D eigenvalue weighted by Gasteiger charge is 2.33. The molecule has 2 aliphatic rings. The van der Waals surface area contributed by atoms with Crippen LogP contribution in [0.5, 0.6) is 0 Å². The van der Waals surface area contributed by atoms with Crippen LogP contribution in [0.1, 0.15) is 43.7 Å². The Labute approximate surface area is 201 Å². The lowest BCUT2D eigenvalue weighted by atomic mass is 9.98. The second kappa shape index (κ2) is 12.0. The molecule has 1 saturated heterocycles. The fourth-order valence-corrected chi connectivity index (χ4v) is 4.74. The molecule has 2 fully saturated rings. The zero-order valence-electron chi connectivity index (χ0n) is 20.4. The van der Waals surface area contributed by atoms with Crippen LogP contribution in [0.15, 0.2) is 18.2 Å². The van der Waals surface area contributed by atoms with Crippen LogP contribution in [0.4, 0.5) is 5.69 Å². The number of ether oxygens (including phenoxy) is 1. The maximum absolute atomic E-state index is 12.6. The SMILES string of the molecule is CC(=O)NC(C(=O)OCC(=O)N1CCN(CC(=O)Nc2c(C)cccc2C)CC1)C1CCCC1. The van der Waals surface area contributed by atoms with E-state index in [2.05, 4.69) is 10.6 Å². The van der Waals surface area contributed by atoms with Crippen LogP contribution in [0, 0.1) is 19.8 Å². The lowest BCUT2D eigenvalue weighted by molar-refractivity contribution is -0.156. The summed E-state index contributed by atoms with van der Waals surface area (Å²) in [7, 11) is 0. The molecule has 1 aliphatic carbocycles.